The van der Waals surface area contributed by atoms with E-state index in [4.69, 9.17) is 0 Å². The molecule has 2 aliphatic rings. The molecule has 0 aromatic heterocycles. The molecule has 1 saturated carbocycles. The van der Waals surface area contributed by atoms with E-state index < -0.39 is 0 Å². The molecule has 3 nitrogen and oxygen atoms in total. The van der Waals surface area contributed by atoms with Gasteiger partial charge in [-0.05, 0) is 25.5 Å². The molecule has 0 aromatic rings. The van der Waals surface area contributed by atoms with Crippen LogP contribution in [0.4, 0.5) is 0 Å². The van der Waals surface area contributed by atoms with E-state index in [1.54, 1.807) is 6.08 Å². The van der Waals surface area contributed by atoms with Gasteiger partial charge in [0.05, 0.1) is 5.57 Å². The van der Waals surface area contributed by atoms with E-state index in [1.807, 2.05) is 4.90 Å². The van der Waals surface area contributed by atoms with Gasteiger partial charge in [-0.25, -0.2) is 0 Å². The van der Waals surface area contributed by atoms with Gasteiger partial charge in [-0.1, -0.05) is 26.0 Å². The van der Waals surface area contributed by atoms with Crippen molar-refractivity contribution < 1.29 is 4.79 Å². The molecule has 92 valence electrons. The lowest BCUT2D eigenvalue weighted by molar-refractivity contribution is -0.150. The molecule has 1 heterocycles. The van der Waals surface area contributed by atoms with Crippen molar-refractivity contribution in [2.45, 2.75) is 26.2 Å². The second kappa shape index (κ2) is 4.47. The van der Waals surface area contributed by atoms with Gasteiger partial charge in [-0.15, -0.1) is 0 Å². The van der Waals surface area contributed by atoms with E-state index in [2.05, 4.69) is 25.2 Å². The van der Waals surface area contributed by atoms with Crippen LogP contribution in [0.15, 0.2) is 29.4 Å². The van der Waals surface area contributed by atoms with Gasteiger partial charge in [0.25, 0.3) is 5.91 Å². The number of nitrogens with zero attached hydrogens (tertiary/aromatic N) is 2. The van der Waals surface area contributed by atoms with Gasteiger partial charge in [0, 0.05) is 24.7 Å². The molecular formula is C14H20N2O. The van der Waals surface area contributed by atoms with Crippen molar-refractivity contribution in [1.82, 2.24) is 4.90 Å². The predicted molar refractivity (Wildman–Crippen MR) is 69.9 cm³/mol. The number of hydrogen-bond donors (Lipinski definition) is 0. The first-order chi connectivity index (χ1) is 8.14. The SMILES string of the molecule is C=C/C(=C\N=C)C(=O)N1CC2(CC(CC)C2)C1. The van der Waals surface area contributed by atoms with Crippen molar-refractivity contribution in [2.75, 3.05) is 13.1 Å². The summed E-state index contributed by atoms with van der Waals surface area (Å²) in [5.74, 6) is 0.925. The average Bonchev–Trinajstić information content (AvgIpc) is 2.22. The van der Waals surface area contributed by atoms with Crippen LogP contribution in [0.5, 0.6) is 0 Å². The quantitative estimate of drug-likeness (QED) is 0.416. The highest BCUT2D eigenvalue weighted by Gasteiger charge is 2.52. The third-order valence-corrected chi connectivity index (χ3v) is 4.06. The third-order valence-electron chi connectivity index (χ3n) is 4.06. The lowest BCUT2D eigenvalue weighted by Crippen LogP contribution is -2.63. The Balaban J connectivity index is 1.88. The van der Waals surface area contributed by atoms with E-state index in [0.717, 1.165) is 19.0 Å². The molecule has 0 atom stereocenters. The van der Waals surface area contributed by atoms with Crippen LogP contribution in [0.3, 0.4) is 0 Å². The molecule has 1 amide bonds. The largest absolute Gasteiger partial charge is 0.337 e. The van der Waals surface area contributed by atoms with Crippen molar-refractivity contribution in [3.63, 3.8) is 0 Å². The summed E-state index contributed by atoms with van der Waals surface area (Å²) in [6.07, 6.45) is 6.89. The lowest BCUT2D eigenvalue weighted by Gasteiger charge is -2.59. The number of likely N-dealkylation sites (tertiary alicyclic amines) is 1. The summed E-state index contributed by atoms with van der Waals surface area (Å²) >= 11 is 0. The van der Waals surface area contributed by atoms with Gasteiger partial charge in [-0.3, -0.25) is 9.79 Å². The second-order valence-corrected chi connectivity index (χ2v) is 5.31. The molecule has 2 fully saturated rings. The number of aliphatic imine (C=N–C) groups is 1. The first-order valence-corrected chi connectivity index (χ1v) is 6.22. The van der Waals surface area contributed by atoms with Gasteiger partial charge in [-0.2, -0.15) is 0 Å². The second-order valence-electron chi connectivity index (χ2n) is 5.31. The predicted octanol–water partition coefficient (Wildman–Crippen LogP) is 2.41. The molecule has 0 unspecified atom stereocenters. The van der Waals surface area contributed by atoms with Gasteiger partial charge in [0.15, 0.2) is 0 Å². The molecule has 1 saturated heterocycles. The highest BCUT2D eigenvalue weighted by atomic mass is 16.2. The minimum Gasteiger partial charge on any atom is -0.337 e. The normalized spacial score (nSPS) is 22.9. The fourth-order valence-corrected chi connectivity index (χ4v) is 3.10. The number of amides is 1. The first-order valence-electron chi connectivity index (χ1n) is 6.22. The molecule has 2 rings (SSSR count). The summed E-state index contributed by atoms with van der Waals surface area (Å²) in [5, 5.41) is 0. The summed E-state index contributed by atoms with van der Waals surface area (Å²) in [6, 6.07) is 0. The van der Waals surface area contributed by atoms with Gasteiger partial charge in [0.2, 0.25) is 0 Å². The smallest absolute Gasteiger partial charge is 0.255 e. The monoisotopic (exact) mass is 232 g/mol. The molecule has 0 radical (unpaired) electrons. The molecule has 1 aliphatic heterocycles. The summed E-state index contributed by atoms with van der Waals surface area (Å²) in [4.78, 5) is 17.6. The Morgan fingerprint density at radius 1 is 1.53 bits per heavy atom. The summed E-state index contributed by atoms with van der Waals surface area (Å²) in [6.45, 7) is 11.1. The Morgan fingerprint density at radius 3 is 2.65 bits per heavy atom. The van der Waals surface area contributed by atoms with Crippen LogP contribution in [0, 0.1) is 11.3 Å². The Bertz CT molecular complexity index is 370. The van der Waals surface area contributed by atoms with E-state index >= 15 is 0 Å². The van der Waals surface area contributed by atoms with Crippen LogP contribution < -0.4 is 0 Å². The minimum absolute atomic E-state index is 0.0398. The summed E-state index contributed by atoms with van der Waals surface area (Å²) in [5.41, 5.74) is 0.991. The molecule has 0 bridgehead atoms. The van der Waals surface area contributed by atoms with Crippen LogP contribution >= 0.6 is 0 Å². The zero-order valence-electron chi connectivity index (χ0n) is 10.5. The Hall–Kier alpha value is -1.38. The van der Waals surface area contributed by atoms with E-state index in [-0.39, 0.29) is 5.91 Å². The molecule has 1 spiro atoms. The highest BCUT2D eigenvalue weighted by Crippen LogP contribution is 2.53. The molecule has 17 heavy (non-hydrogen) atoms. The molecular weight excluding hydrogens is 212 g/mol. The molecule has 0 aromatic carbocycles. The number of carbonyl (C=O) groups is 1. The maximum atomic E-state index is 12.0. The fraction of sp³-hybridized carbons (Fsp3) is 0.571. The minimum atomic E-state index is 0.0398. The zero-order valence-corrected chi connectivity index (χ0v) is 10.5. The summed E-state index contributed by atoms with van der Waals surface area (Å²) in [7, 11) is 0. The van der Waals surface area contributed by atoms with Gasteiger partial charge in [0.1, 0.15) is 0 Å². The van der Waals surface area contributed by atoms with E-state index in [9.17, 15) is 4.79 Å². The molecule has 1 aliphatic carbocycles. The van der Waals surface area contributed by atoms with Crippen LogP contribution in [0.25, 0.3) is 0 Å². The van der Waals surface area contributed by atoms with Crippen molar-refractivity contribution in [2.24, 2.45) is 16.3 Å². The molecule has 3 heteroatoms. The molecule has 0 N–H and O–H groups in total. The van der Waals surface area contributed by atoms with Crippen LogP contribution in [0.2, 0.25) is 0 Å². The third kappa shape index (κ3) is 2.06. The van der Waals surface area contributed by atoms with Crippen LogP contribution in [0.1, 0.15) is 26.2 Å². The lowest BCUT2D eigenvalue weighted by atomic mass is 9.57. The van der Waals surface area contributed by atoms with Crippen LogP contribution in [-0.4, -0.2) is 30.6 Å². The van der Waals surface area contributed by atoms with Crippen molar-refractivity contribution in [3.05, 3.63) is 24.4 Å². The standard InChI is InChI=1S/C14H20N2O/c1-4-11-6-14(7-11)9-16(10-14)13(17)12(5-2)8-15-3/h5,8,11H,2-4,6-7,9-10H2,1H3/b12-8+. The van der Waals surface area contributed by atoms with E-state index in [1.165, 1.54) is 25.5 Å². The summed E-state index contributed by atoms with van der Waals surface area (Å²) < 4.78 is 0. The number of carbonyl (C=O) groups excluding carboxylic acids is 1. The van der Waals surface area contributed by atoms with Gasteiger partial charge >= 0.3 is 0 Å². The van der Waals surface area contributed by atoms with Gasteiger partial charge < -0.3 is 4.90 Å². The highest BCUT2D eigenvalue weighted by molar-refractivity contribution is 5.96. The number of hydrogen-bond acceptors (Lipinski definition) is 2. The Kier molecular flexibility index (Phi) is 3.18. The first kappa shape index (κ1) is 12.1. The maximum Gasteiger partial charge on any atom is 0.255 e. The average molecular weight is 232 g/mol. The van der Waals surface area contributed by atoms with Crippen molar-refractivity contribution in [1.29, 1.82) is 0 Å². The zero-order chi connectivity index (χ0) is 12.5. The van der Waals surface area contributed by atoms with Crippen molar-refractivity contribution >= 4 is 12.6 Å². The fourth-order valence-electron chi connectivity index (χ4n) is 3.10. The van der Waals surface area contributed by atoms with Crippen molar-refractivity contribution in [3.8, 4) is 0 Å². The number of rotatable bonds is 4. The maximum absolute atomic E-state index is 12.0. The van der Waals surface area contributed by atoms with Crippen LogP contribution in [-0.2, 0) is 4.79 Å². The van der Waals surface area contributed by atoms with E-state index in [0.29, 0.717) is 11.0 Å². The topological polar surface area (TPSA) is 32.7 Å². The Labute approximate surface area is 103 Å². The Morgan fingerprint density at radius 2 is 2.18 bits per heavy atom.